The lowest BCUT2D eigenvalue weighted by molar-refractivity contribution is -0.0331. The van der Waals surface area contributed by atoms with Crippen molar-refractivity contribution in [1.82, 2.24) is 4.90 Å². The van der Waals surface area contributed by atoms with Crippen LogP contribution < -0.4 is 0 Å². The number of benzene rings is 3. The molecule has 0 N–H and O–H groups in total. The molecule has 6 rings (SSSR count). The van der Waals surface area contributed by atoms with E-state index in [1.165, 1.54) is 38.3 Å². The van der Waals surface area contributed by atoms with Gasteiger partial charge >= 0.3 is 6.09 Å². The highest BCUT2D eigenvalue weighted by molar-refractivity contribution is 7.98. The highest BCUT2D eigenvalue weighted by Crippen LogP contribution is 2.45. The lowest BCUT2D eigenvalue weighted by atomic mass is 9.90. The molecule has 1 aliphatic carbocycles. The predicted molar refractivity (Wildman–Crippen MR) is 136 cm³/mol. The van der Waals surface area contributed by atoms with Crippen molar-refractivity contribution in [2.45, 2.75) is 29.3 Å². The number of hydrogen-bond donors (Lipinski definition) is 0. The van der Waals surface area contributed by atoms with Crippen molar-refractivity contribution in [2.24, 2.45) is 0 Å². The molecule has 0 aromatic heterocycles. The molecule has 34 heavy (non-hydrogen) atoms. The Hall–Kier alpha value is -3.02. The standard InChI is InChI=1S/C29H27NO3S/c1-34-28-13-7-6-8-22(28)19-14-20-16-32-17-21(15-19)30(20)29(31)33-18-27-25-11-4-2-9-23(25)24-10-3-5-12-26(24)27/h2-14,20-21,27H,15-18H2,1H3. The molecule has 2 atom stereocenters. The summed E-state index contributed by atoms with van der Waals surface area (Å²) in [6, 6.07) is 25.2. The van der Waals surface area contributed by atoms with Crippen molar-refractivity contribution in [2.75, 3.05) is 26.1 Å². The van der Waals surface area contributed by atoms with Gasteiger partial charge in [0.2, 0.25) is 0 Å². The zero-order valence-corrected chi connectivity index (χ0v) is 20.0. The van der Waals surface area contributed by atoms with E-state index in [-0.39, 0.29) is 24.1 Å². The van der Waals surface area contributed by atoms with Crippen molar-refractivity contribution >= 4 is 23.4 Å². The number of fused-ring (bicyclic) bond motifs is 5. The number of thioether (sulfide) groups is 1. The Labute approximate surface area is 204 Å². The molecule has 5 heteroatoms. The molecule has 0 radical (unpaired) electrons. The summed E-state index contributed by atoms with van der Waals surface area (Å²) in [6.45, 7) is 1.39. The Morgan fingerprint density at radius 2 is 1.59 bits per heavy atom. The SMILES string of the molecule is CSc1ccccc1C1=CC2COCC(C1)N2C(=O)OCC1c2ccccc2-c2ccccc21. The van der Waals surface area contributed by atoms with Crippen molar-refractivity contribution in [3.8, 4) is 11.1 Å². The van der Waals surface area contributed by atoms with Gasteiger partial charge in [0, 0.05) is 10.8 Å². The number of carbonyl (C=O) groups excluding carboxylic acids is 1. The van der Waals surface area contributed by atoms with Crippen LogP contribution in [0.5, 0.6) is 0 Å². The molecule has 1 amide bonds. The number of nitrogens with zero attached hydrogens (tertiary/aromatic N) is 1. The van der Waals surface area contributed by atoms with Gasteiger partial charge < -0.3 is 9.47 Å². The summed E-state index contributed by atoms with van der Waals surface area (Å²) in [5.74, 6) is 0.0665. The summed E-state index contributed by atoms with van der Waals surface area (Å²) < 4.78 is 11.8. The Morgan fingerprint density at radius 1 is 0.941 bits per heavy atom. The molecule has 3 aromatic carbocycles. The van der Waals surface area contributed by atoms with Crippen LogP contribution in [0.4, 0.5) is 4.79 Å². The van der Waals surface area contributed by atoms with E-state index < -0.39 is 0 Å². The fourth-order valence-corrected chi connectivity index (χ4v) is 6.29. The van der Waals surface area contributed by atoms with Crippen LogP contribution in [-0.4, -0.2) is 49.2 Å². The van der Waals surface area contributed by atoms with E-state index in [0.717, 1.165) is 6.42 Å². The first kappa shape index (κ1) is 21.5. The van der Waals surface area contributed by atoms with E-state index in [1.807, 2.05) is 4.90 Å². The van der Waals surface area contributed by atoms with Crippen LogP contribution in [0, 0.1) is 0 Å². The third kappa shape index (κ3) is 3.64. The maximum Gasteiger partial charge on any atom is 0.410 e. The maximum absolute atomic E-state index is 13.4. The second-order valence-electron chi connectivity index (χ2n) is 9.07. The third-order valence-corrected chi connectivity index (χ3v) is 7.99. The van der Waals surface area contributed by atoms with Crippen LogP contribution in [-0.2, 0) is 9.47 Å². The van der Waals surface area contributed by atoms with Gasteiger partial charge in [-0.3, -0.25) is 4.90 Å². The van der Waals surface area contributed by atoms with E-state index in [4.69, 9.17) is 9.47 Å². The molecule has 1 saturated heterocycles. The predicted octanol–water partition coefficient (Wildman–Crippen LogP) is 6.21. The molecule has 4 nitrogen and oxygen atoms in total. The van der Waals surface area contributed by atoms with E-state index in [2.05, 4.69) is 85.1 Å². The average Bonchev–Trinajstić information content (AvgIpc) is 3.20. The first-order valence-corrected chi connectivity index (χ1v) is 13.0. The molecule has 3 aromatic rings. The molecule has 3 aliphatic rings. The summed E-state index contributed by atoms with van der Waals surface area (Å²) in [5, 5.41) is 0. The number of ether oxygens (including phenoxy) is 2. The van der Waals surface area contributed by atoms with E-state index in [9.17, 15) is 4.79 Å². The summed E-state index contributed by atoms with van der Waals surface area (Å²) in [4.78, 5) is 16.5. The number of morpholine rings is 1. The zero-order valence-electron chi connectivity index (χ0n) is 19.1. The summed E-state index contributed by atoms with van der Waals surface area (Å²) in [5.41, 5.74) is 7.50. The van der Waals surface area contributed by atoms with Gasteiger partial charge in [-0.1, -0.05) is 72.8 Å². The largest absolute Gasteiger partial charge is 0.448 e. The van der Waals surface area contributed by atoms with Crippen LogP contribution in [0.2, 0.25) is 0 Å². The first-order chi connectivity index (χ1) is 16.7. The normalized spacial score (nSPS) is 21.0. The molecule has 1 fully saturated rings. The summed E-state index contributed by atoms with van der Waals surface area (Å²) in [7, 11) is 0. The molecule has 2 unspecified atom stereocenters. The van der Waals surface area contributed by atoms with E-state index in [1.54, 1.807) is 11.8 Å². The minimum Gasteiger partial charge on any atom is -0.448 e. The number of carbonyl (C=O) groups is 1. The second-order valence-corrected chi connectivity index (χ2v) is 9.91. The van der Waals surface area contributed by atoms with Gasteiger partial charge in [0.15, 0.2) is 0 Å². The minimum absolute atomic E-state index is 0.00990. The monoisotopic (exact) mass is 469 g/mol. The fourth-order valence-electron chi connectivity index (χ4n) is 5.66. The second kappa shape index (κ2) is 8.97. The van der Waals surface area contributed by atoms with Crippen LogP contribution in [0.1, 0.15) is 29.0 Å². The Morgan fingerprint density at radius 3 is 2.26 bits per heavy atom. The molecule has 2 heterocycles. The minimum atomic E-state index is -0.242. The zero-order chi connectivity index (χ0) is 23.1. The lowest BCUT2D eigenvalue weighted by Gasteiger charge is -2.44. The fraction of sp³-hybridized carbons (Fsp3) is 0.276. The molecule has 0 spiro atoms. The van der Waals surface area contributed by atoms with Gasteiger partial charge in [0.25, 0.3) is 0 Å². The van der Waals surface area contributed by atoms with Crippen molar-refractivity contribution < 1.29 is 14.3 Å². The summed E-state index contributed by atoms with van der Waals surface area (Å²) in [6.07, 6.45) is 4.84. The molecule has 172 valence electrons. The Kier molecular flexibility index (Phi) is 5.67. The molecular formula is C29H27NO3S. The van der Waals surface area contributed by atoms with Gasteiger partial charge in [0.1, 0.15) is 6.61 Å². The van der Waals surface area contributed by atoms with Crippen LogP contribution in [0.3, 0.4) is 0 Å². The van der Waals surface area contributed by atoms with Gasteiger partial charge in [0.05, 0.1) is 25.3 Å². The quantitative estimate of drug-likeness (QED) is 0.426. The van der Waals surface area contributed by atoms with Crippen LogP contribution >= 0.6 is 11.8 Å². The molecule has 2 aliphatic heterocycles. The summed E-state index contributed by atoms with van der Waals surface area (Å²) >= 11 is 1.76. The van der Waals surface area contributed by atoms with Gasteiger partial charge in [-0.15, -0.1) is 11.8 Å². The number of rotatable bonds is 4. The maximum atomic E-state index is 13.4. The molecular weight excluding hydrogens is 442 g/mol. The van der Waals surface area contributed by atoms with Crippen LogP contribution in [0.15, 0.2) is 83.8 Å². The van der Waals surface area contributed by atoms with Gasteiger partial charge in [-0.05, 0) is 52.1 Å². The first-order valence-electron chi connectivity index (χ1n) is 11.8. The molecule has 0 saturated carbocycles. The smallest absolute Gasteiger partial charge is 0.410 e. The topological polar surface area (TPSA) is 38.8 Å². The Bertz CT molecular complexity index is 1220. The third-order valence-electron chi connectivity index (χ3n) is 7.20. The molecule has 2 bridgehead atoms. The highest BCUT2D eigenvalue weighted by atomic mass is 32.2. The van der Waals surface area contributed by atoms with E-state index >= 15 is 0 Å². The van der Waals surface area contributed by atoms with Crippen molar-refractivity contribution in [1.29, 1.82) is 0 Å². The van der Waals surface area contributed by atoms with Crippen LogP contribution in [0.25, 0.3) is 16.7 Å². The average molecular weight is 470 g/mol. The number of amides is 1. The lowest BCUT2D eigenvalue weighted by Crippen LogP contribution is -2.56. The van der Waals surface area contributed by atoms with Gasteiger partial charge in [-0.2, -0.15) is 0 Å². The highest BCUT2D eigenvalue weighted by Gasteiger charge is 2.40. The van der Waals surface area contributed by atoms with E-state index in [0.29, 0.717) is 19.8 Å². The number of hydrogen-bond acceptors (Lipinski definition) is 4. The van der Waals surface area contributed by atoms with Crippen molar-refractivity contribution in [3.05, 3.63) is 95.6 Å². The Balaban J connectivity index is 1.23. The van der Waals surface area contributed by atoms with Gasteiger partial charge in [-0.25, -0.2) is 4.79 Å². The van der Waals surface area contributed by atoms with Crippen molar-refractivity contribution in [3.63, 3.8) is 0 Å².